The van der Waals surface area contributed by atoms with Gasteiger partial charge in [-0.05, 0) is 38.8 Å². The number of likely N-dealkylation sites (tertiary alicyclic amines) is 1. The normalized spacial score (nSPS) is 34.7. The zero-order chi connectivity index (χ0) is 12.1. The molecule has 0 spiro atoms. The van der Waals surface area contributed by atoms with Crippen LogP contribution in [0.1, 0.15) is 45.4 Å². The van der Waals surface area contributed by atoms with Gasteiger partial charge in [-0.25, -0.2) is 0 Å². The zero-order valence-corrected chi connectivity index (χ0v) is 11.0. The molecule has 2 aliphatic rings. The second kappa shape index (κ2) is 6.37. The van der Waals surface area contributed by atoms with Gasteiger partial charge in [0.25, 0.3) is 0 Å². The summed E-state index contributed by atoms with van der Waals surface area (Å²) in [6, 6.07) is 3.64. The fourth-order valence-electron chi connectivity index (χ4n) is 3.36. The third-order valence-corrected chi connectivity index (χ3v) is 4.45. The molecule has 0 radical (unpaired) electrons. The van der Waals surface area contributed by atoms with Crippen LogP contribution in [-0.2, 0) is 0 Å². The lowest BCUT2D eigenvalue weighted by molar-refractivity contribution is 0.234. The van der Waals surface area contributed by atoms with E-state index >= 15 is 0 Å². The van der Waals surface area contributed by atoms with E-state index < -0.39 is 0 Å². The van der Waals surface area contributed by atoms with Gasteiger partial charge >= 0.3 is 0 Å². The Morgan fingerprint density at radius 1 is 1.24 bits per heavy atom. The molecule has 0 amide bonds. The number of nitrogens with zero attached hydrogens (tertiary/aromatic N) is 2. The van der Waals surface area contributed by atoms with E-state index in [0.29, 0.717) is 12.1 Å². The molecule has 1 N–H and O–H groups in total. The summed E-state index contributed by atoms with van der Waals surface area (Å²) in [6.45, 7) is 5.75. The Labute approximate surface area is 105 Å². The SMILES string of the molecule is CCN1CCCC1CNC1CCCCC1C#N. The largest absolute Gasteiger partial charge is 0.311 e. The molecule has 0 aromatic heterocycles. The number of likely N-dealkylation sites (N-methyl/N-ethyl adjacent to an activating group) is 1. The van der Waals surface area contributed by atoms with Crippen LogP contribution in [0.2, 0.25) is 0 Å². The molecular formula is C14H25N3. The van der Waals surface area contributed by atoms with E-state index in [1.54, 1.807) is 0 Å². The van der Waals surface area contributed by atoms with Gasteiger partial charge in [0.2, 0.25) is 0 Å². The zero-order valence-electron chi connectivity index (χ0n) is 11.0. The van der Waals surface area contributed by atoms with Gasteiger partial charge in [-0.1, -0.05) is 19.8 Å². The van der Waals surface area contributed by atoms with Gasteiger partial charge < -0.3 is 5.32 Å². The Morgan fingerprint density at radius 3 is 2.82 bits per heavy atom. The third kappa shape index (κ3) is 3.20. The molecule has 0 aromatic carbocycles. The molecule has 0 aromatic rings. The van der Waals surface area contributed by atoms with Crippen molar-refractivity contribution in [3.8, 4) is 6.07 Å². The van der Waals surface area contributed by atoms with Gasteiger partial charge in [-0.15, -0.1) is 0 Å². The van der Waals surface area contributed by atoms with Crippen molar-refractivity contribution in [2.45, 2.75) is 57.5 Å². The maximum atomic E-state index is 9.15. The molecule has 3 atom stereocenters. The molecule has 17 heavy (non-hydrogen) atoms. The lowest BCUT2D eigenvalue weighted by Gasteiger charge is -2.31. The average molecular weight is 235 g/mol. The van der Waals surface area contributed by atoms with Crippen molar-refractivity contribution < 1.29 is 0 Å². The van der Waals surface area contributed by atoms with Crippen molar-refractivity contribution in [2.75, 3.05) is 19.6 Å². The van der Waals surface area contributed by atoms with Gasteiger partial charge in [0.05, 0.1) is 12.0 Å². The van der Waals surface area contributed by atoms with Crippen molar-refractivity contribution in [1.82, 2.24) is 10.2 Å². The molecule has 2 rings (SSSR count). The van der Waals surface area contributed by atoms with Crippen LogP contribution >= 0.6 is 0 Å². The highest BCUT2D eigenvalue weighted by atomic mass is 15.2. The minimum atomic E-state index is 0.250. The monoisotopic (exact) mass is 235 g/mol. The van der Waals surface area contributed by atoms with Crippen LogP contribution in [0, 0.1) is 17.2 Å². The van der Waals surface area contributed by atoms with Gasteiger partial charge in [0.1, 0.15) is 0 Å². The second-order valence-electron chi connectivity index (χ2n) is 5.46. The Bertz CT molecular complexity index is 271. The van der Waals surface area contributed by atoms with Crippen LogP contribution in [0.3, 0.4) is 0 Å². The highest BCUT2D eigenvalue weighted by Crippen LogP contribution is 2.24. The van der Waals surface area contributed by atoms with Crippen molar-refractivity contribution in [3.63, 3.8) is 0 Å². The van der Waals surface area contributed by atoms with E-state index in [1.807, 2.05) is 0 Å². The molecular weight excluding hydrogens is 210 g/mol. The maximum Gasteiger partial charge on any atom is 0.0672 e. The van der Waals surface area contributed by atoms with Crippen molar-refractivity contribution in [1.29, 1.82) is 5.26 Å². The molecule has 1 aliphatic heterocycles. The lowest BCUT2D eigenvalue weighted by Crippen LogP contribution is -2.45. The smallest absolute Gasteiger partial charge is 0.0672 e. The molecule has 1 heterocycles. The Kier molecular flexibility index (Phi) is 4.82. The fourth-order valence-corrected chi connectivity index (χ4v) is 3.36. The average Bonchev–Trinajstić information content (AvgIpc) is 2.84. The Hall–Kier alpha value is -0.590. The van der Waals surface area contributed by atoms with Crippen molar-refractivity contribution >= 4 is 0 Å². The summed E-state index contributed by atoms with van der Waals surface area (Å²) in [4.78, 5) is 2.57. The van der Waals surface area contributed by atoms with Crippen molar-refractivity contribution in [2.24, 2.45) is 5.92 Å². The summed E-state index contributed by atoms with van der Waals surface area (Å²) < 4.78 is 0. The third-order valence-electron chi connectivity index (χ3n) is 4.45. The number of hydrogen-bond acceptors (Lipinski definition) is 3. The summed E-state index contributed by atoms with van der Waals surface area (Å²) in [7, 11) is 0. The number of nitriles is 1. The van der Waals surface area contributed by atoms with E-state index in [2.05, 4.69) is 23.2 Å². The maximum absolute atomic E-state index is 9.15. The Balaban J connectivity index is 1.78. The highest BCUT2D eigenvalue weighted by Gasteiger charge is 2.27. The van der Waals surface area contributed by atoms with Crippen molar-refractivity contribution in [3.05, 3.63) is 0 Å². The molecule has 2 fully saturated rings. The van der Waals surface area contributed by atoms with Crippen LogP contribution in [0.5, 0.6) is 0 Å². The van der Waals surface area contributed by atoms with Crippen LogP contribution in [-0.4, -0.2) is 36.6 Å². The summed E-state index contributed by atoms with van der Waals surface area (Å²) in [6.07, 6.45) is 7.48. The number of nitrogens with one attached hydrogen (secondary N) is 1. The van der Waals surface area contributed by atoms with Gasteiger partial charge in [-0.3, -0.25) is 4.90 Å². The Morgan fingerprint density at radius 2 is 2.06 bits per heavy atom. The fraction of sp³-hybridized carbons (Fsp3) is 0.929. The summed E-state index contributed by atoms with van der Waals surface area (Å²) in [5, 5.41) is 12.8. The summed E-state index contributed by atoms with van der Waals surface area (Å²) >= 11 is 0. The topological polar surface area (TPSA) is 39.1 Å². The first-order valence-corrected chi connectivity index (χ1v) is 7.22. The van der Waals surface area contributed by atoms with Gasteiger partial charge in [0, 0.05) is 18.6 Å². The summed E-state index contributed by atoms with van der Waals surface area (Å²) in [5.74, 6) is 0.250. The van der Waals surface area contributed by atoms with Gasteiger partial charge in [0.15, 0.2) is 0 Å². The van der Waals surface area contributed by atoms with E-state index in [4.69, 9.17) is 5.26 Å². The molecule has 3 heteroatoms. The first-order valence-electron chi connectivity index (χ1n) is 7.22. The van der Waals surface area contributed by atoms with Crippen LogP contribution < -0.4 is 5.32 Å². The van der Waals surface area contributed by atoms with Crippen LogP contribution in [0.25, 0.3) is 0 Å². The molecule has 1 saturated carbocycles. The summed E-state index contributed by atoms with van der Waals surface area (Å²) in [5.41, 5.74) is 0. The van der Waals surface area contributed by atoms with Crippen LogP contribution in [0.4, 0.5) is 0 Å². The minimum Gasteiger partial charge on any atom is -0.311 e. The minimum absolute atomic E-state index is 0.250. The standard InChI is InChI=1S/C14H25N3/c1-2-17-9-5-7-13(17)11-16-14-8-4-3-6-12(14)10-15/h12-14,16H,2-9,11H2,1H3. The molecule has 96 valence electrons. The number of rotatable bonds is 4. The number of hydrogen-bond donors (Lipinski definition) is 1. The van der Waals surface area contributed by atoms with Gasteiger partial charge in [-0.2, -0.15) is 5.26 Å². The van der Waals surface area contributed by atoms with Crippen LogP contribution in [0.15, 0.2) is 0 Å². The molecule has 0 bridgehead atoms. The van der Waals surface area contributed by atoms with E-state index in [0.717, 1.165) is 13.0 Å². The van der Waals surface area contributed by atoms with E-state index in [9.17, 15) is 0 Å². The first-order chi connectivity index (χ1) is 8.35. The lowest BCUT2D eigenvalue weighted by atomic mass is 9.85. The van der Waals surface area contributed by atoms with E-state index in [-0.39, 0.29) is 5.92 Å². The molecule has 1 aliphatic carbocycles. The quantitative estimate of drug-likeness (QED) is 0.811. The molecule has 1 saturated heterocycles. The first kappa shape index (κ1) is 12.9. The predicted octanol–water partition coefficient (Wildman–Crippen LogP) is 2.14. The molecule has 3 unspecified atom stereocenters. The highest BCUT2D eigenvalue weighted by molar-refractivity contribution is 4.95. The predicted molar refractivity (Wildman–Crippen MR) is 69.6 cm³/mol. The second-order valence-corrected chi connectivity index (χ2v) is 5.46. The van der Waals surface area contributed by atoms with E-state index in [1.165, 1.54) is 45.2 Å². The molecule has 3 nitrogen and oxygen atoms in total.